The third kappa shape index (κ3) is 2.45. The van der Waals surface area contributed by atoms with Gasteiger partial charge in [-0.05, 0) is 11.6 Å². The van der Waals surface area contributed by atoms with Gasteiger partial charge in [-0.25, -0.2) is 0 Å². The van der Waals surface area contributed by atoms with E-state index >= 15 is 0 Å². The van der Waals surface area contributed by atoms with Crippen molar-refractivity contribution >= 4 is 17.8 Å². The monoisotopic (exact) mass is 189 g/mol. The van der Waals surface area contributed by atoms with E-state index in [0.717, 1.165) is 0 Å². The molecule has 0 atom stereocenters. The summed E-state index contributed by atoms with van der Waals surface area (Å²) in [5, 5.41) is 7.29. The molecule has 14 heavy (non-hydrogen) atoms. The molecule has 0 aromatic heterocycles. The molecule has 0 fully saturated rings. The zero-order chi connectivity index (χ0) is 10.6. The molecular formula is C10H11N3O. The molecule has 72 valence electrons. The SMILES string of the molecule is N=C(N)c1ccccc1C=CC(N)=O. The Kier molecular flexibility index (Phi) is 3.01. The average molecular weight is 189 g/mol. The number of nitrogen functional groups attached to an aromatic ring is 1. The Morgan fingerprint density at radius 1 is 1.29 bits per heavy atom. The largest absolute Gasteiger partial charge is 0.384 e. The van der Waals surface area contributed by atoms with Crippen molar-refractivity contribution in [1.82, 2.24) is 0 Å². The van der Waals surface area contributed by atoms with Gasteiger partial charge in [0.25, 0.3) is 0 Å². The summed E-state index contributed by atoms with van der Waals surface area (Å²) in [6.45, 7) is 0. The van der Waals surface area contributed by atoms with E-state index in [1.54, 1.807) is 30.3 Å². The highest BCUT2D eigenvalue weighted by molar-refractivity contribution is 6.00. The number of hydrogen-bond donors (Lipinski definition) is 3. The van der Waals surface area contributed by atoms with Gasteiger partial charge in [0, 0.05) is 11.6 Å². The molecule has 4 heteroatoms. The van der Waals surface area contributed by atoms with Crippen LogP contribution in [0.3, 0.4) is 0 Å². The van der Waals surface area contributed by atoms with Crippen LogP contribution in [0, 0.1) is 5.41 Å². The summed E-state index contributed by atoms with van der Waals surface area (Å²) in [7, 11) is 0. The van der Waals surface area contributed by atoms with Crippen molar-refractivity contribution in [3.05, 3.63) is 41.5 Å². The van der Waals surface area contributed by atoms with Crippen LogP contribution in [0.2, 0.25) is 0 Å². The number of hydrogen-bond acceptors (Lipinski definition) is 2. The number of carbonyl (C=O) groups is 1. The molecule has 0 spiro atoms. The molecule has 1 amide bonds. The van der Waals surface area contributed by atoms with Crippen LogP contribution in [-0.2, 0) is 4.79 Å². The molecule has 0 bridgehead atoms. The van der Waals surface area contributed by atoms with Crippen LogP contribution >= 0.6 is 0 Å². The van der Waals surface area contributed by atoms with Gasteiger partial charge in [0.2, 0.25) is 5.91 Å². The van der Waals surface area contributed by atoms with E-state index < -0.39 is 5.91 Å². The number of carbonyl (C=O) groups excluding carboxylic acids is 1. The molecule has 0 aliphatic rings. The fraction of sp³-hybridized carbons (Fsp3) is 0. The molecule has 1 rings (SSSR count). The average Bonchev–Trinajstić information content (AvgIpc) is 2.15. The third-order valence-electron chi connectivity index (χ3n) is 1.68. The van der Waals surface area contributed by atoms with Gasteiger partial charge in [-0.1, -0.05) is 24.3 Å². The Labute approximate surface area is 81.7 Å². The smallest absolute Gasteiger partial charge is 0.241 e. The Balaban J connectivity index is 3.07. The number of nitrogens with two attached hydrogens (primary N) is 2. The summed E-state index contributed by atoms with van der Waals surface area (Å²) in [5.41, 5.74) is 11.6. The standard InChI is InChI=1S/C10H11N3O/c11-9(14)6-5-7-3-1-2-4-8(7)10(12)13/h1-6H,(H2,11,14)(H3,12,13). The molecule has 4 nitrogen and oxygen atoms in total. The first-order chi connectivity index (χ1) is 6.61. The highest BCUT2D eigenvalue weighted by Gasteiger charge is 2.00. The molecule has 5 N–H and O–H groups in total. The van der Waals surface area contributed by atoms with Gasteiger partial charge in [-0.2, -0.15) is 0 Å². The van der Waals surface area contributed by atoms with Gasteiger partial charge in [0.15, 0.2) is 0 Å². The number of rotatable bonds is 3. The second-order valence-corrected chi connectivity index (χ2v) is 2.74. The lowest BCUT2D eigenvalue weighted by Gasteiger charge is -2.02. The van der Waals surface area contributed by atoms with Crippen LogP contribution in [0.1, 0.15) is 11.1 Å². The summed E-state index contributed by atoms with van der Waals surface area (Å²) in [6.07, 6.45) is 2.78. The van der Waals surface area contributed by atoms with Crippen molar-refractivity contribution < 1.29 is 4.79 Å². The van der Waals surface area contributed by atoms with E-state index in [1.165, 1.54) is 6.08 Å². The topological polar surface area (TPSA) is 93.0 Å². The van der Waals surface area contributed by atoms with Crippen molar-refractivity contribution in [3.8, 4) is 0 Å². The molecule has 0 unspecified atom stereocenters. The summed E-state index contributed by atoms with van der Waals surface area (Å²) in [4.78, 5) is 10.5. The first-order valence-corrected chi connectivity index (χ1v) is 4.02. The quantitative estimate of drug-likeness (QED) is 0.366. The fourth-order valence-electron chi connectivity index (χ4n) is 1.06. The maximum atomic E-state index is 10.5. The van der Waals surface area contributed by atoms with Crippen molar-refractivity contribution in [3.63, 3.8) is 0 Å². The molecule has 1 aromatic carbocycles. The lowest BCUT2D eigenvalue weighted by molar-refractivity contribution is -0.113. The Bertz CT molecular complexity index is 396. The maximum Gasteiger partial charge on any atom is 0.241 e. The van der Waals surface area contributed by atoms with E-state index in [9.17, 15) is 4.79 Å². The third-order valence-corrected chi connectivity index (χ3v) is 1.68. The van der Waals surface area contributed by atoms with Crippen molar-refractivity contribution in [1.29, 1.82) is 5.41 Å². The molecule has 1 aromatic rings. The number of amidine groups is 1. The fourth-order valence-corrected chi connectivity index (χ4v) is 1.06. The van der Waals surface area contributed by atoms with E-state index in [-0.39, 0.29) is 5.84 Å². The minimum Gasteiger partial charge on any atom is -0.384 e. The summed E-state index contributed by atoms with van der Waals surface area (Å²) < 4.78 is 0. The molecule has 0 aliphatic carbocycles. The minimum atomic E-state index is -0.525. The highest BCUT2D eigenvalue weighted by atomic mass is 16.1. The van der Waals surface area contributed by atoms with Crippen LogP contribution in [-0.4, -0.2) is 11.7 Å². The van der Waals surface area contributed by atoms with E-state index in [2.05, 4.69) is 0 Å². The van der Waals surface area contributed by atoms with E-state index in [1.807, 2.05) is 0 Å². The second-order valence-electron chi connectivity index (χ2n) is 2.74. The summed E-state index contributed by atoms with van der Waals surface area (Å²) >= 11 is 0. The van der Waals surface area contributed by atoms with Crippen LogP contribution in [0.25, 0.3) is 6.08 Å². The van der Waals surface area contributed by atoms with Gasteiger partial charge in [-0.3, -0.25) is 10.2 Å². The molecule has 0 saturated carbocycles. The van der Waals surface area contributed by atoms with E-state index in [0.29, 0.717) is 11.1 Å². The van der Waals surface area contributed by atoms with E-state index in [4.69, 9.17) is 16.9 Å². The van der Waals surface area contributed by atoms with Crippen LogP contribution in [0.15, 0.2) is 30.3 Å². The van der Waals surface area contributed by atoms with Gasteiger partial charge < -0.3 is 11.5 Å². The number of amides is 1. The summed E-state index contributed by atoms with van der Waals surface area (Å²) in [6, 6.07) is 7.05. The van der Waals surface area contributed by atoms with Crippen molar-refractivity contribution in [2.45, 2.75) is 0 Å². The van der Waals surface area contributed by atoms with Gasteiger partial charge in [0.1, 0.15) is 5.84 Å². The lowest BCUT2D eigenvalue weighted by Crippen LogP contribution is -2.12. The highest BCUT2D eigenvalue weighted by Crippen LogP contribution is 2.09. The predicted molar refractivity (Wildman–Crippen MR) is 55.7 cm³/mol. The summed E-state index contributed by atoms with van der Waals surface area (Å²) in [5.74, 6) is -0.557. The van der Waals surface area contributed by atoms with Crippen LogP contribution in [0.4, 0.5) is 0 Å². The zero-order valence-corrected chi connectivity index (χ0v) is 7.53. The molecule has 0 radical (unpaired) electrons. The Morgan fingerprint density at radius 3 is 2.50 bits per heavy atom. The van der Waals surface area contributed by atoms with Crippen molar-refractivity contribution in [2.24, 2.45) is 11.5 Å². The number of primary amides is 1. The molecular weight excluding hydrogens is 178 g/mol. The normalized spacial score (nSPS) is 10.3. The maximum absolute atomic E-state index is 10.5. The molecule has 0 saturated heterocycles. The molecule has 0 aliphatic heterocycles. The predicted octanol–water partition coefficient (Wildman–Crippen LogP) is 0.469. The minimum absolute atomic E-state index is 0.0327. The second kappa shape index (κ2) is 4.23. The Hall–Kier alpha value is -2.10. The van der Waals surface area contributed by atoms with Crippen molar-refractivity contribution in [2.75, 3.05) is 0 Å². The number of benzene rings is 1. The first-order valence-electron chi connectivity index (χ1n) is 4.02. The zero-order valence-electron chi connectivity index (χ0n) is 7.53. The first kappa shape index (κ1) is 9.98. The van der Waals surface area contributed by atoms with Gasteiger partial charge >= 0.3 is 0 Å². The lowest BCUT2D eigenvalue weighted by atomic mass is 10.1. The van der Waals surface area contributed by atoms with Crippen LogP contribution in [0.5, 0.6) is 0 Å². The number of nitrogens with one attached hydrogen (secondary N) is 1. The van der Waals surface area contributed by atoms with Gasteiger partial charge in [-0.15, -0.1) is 0 Å². The van der Waals surface area contributed by atoms with Gasteiger partial charge in [0.05, 0.1) is 0 Å². The Morgan fingerprint density at radius 2 is 1.93 bits per heavy atom. The molecule has 0 heterocycles. The van der Waals surface area contributed by atoms with Crippen LogP contribution < -0.4 is 11.5 Å².